The van der Waals surface area contributed by atoms with E-state index in [9.17, 15) is 0 Å². The summed E-state index contributed by atoms with van der Waals surface area (Å²) in [5.41, 5.74) is 8.02. The fraction of sp³-hybridized carbons (Fsp3) is 0.375. The maximum Gasteiger partial charge on any atom is 0.160 e. The Kier molecular flexibility index (Phi) is 5.03. The summed E-state index contributed by atoms with van der Waals surface area (Å²) in [6, 6.07) is 10.3. The Balaban J connectivity index is 1.50. The Morgan fingerprint density at radius 3 is 3.05 bits per heavy atom. The smallest absolute Gasteiger partial charge is 0.160 e. The summed E-state index contributed by atoms with van der Waals surface area (Å²) in [6.07, 6.45) is 1.76. The standard InChI is InChI=1S/C16H19N3O2S/c17-16(13-6-7-20-9-13)19-21-10-14-11-22-15(18-14)8-12-4-2-1-3-5-12/h1-5,11,13H,6-10H2,(H2,17,19)/t13-/m1/s1. The van der Waals surface area contributed by atoms with Gasteiger partial charge in [0.1, 0.15) is 5.84 Å². The molecule has 22 heavy (non-hydrogen) atoms. The van der Waals surface area contributed by atoms with Crippen LogP contribution >= 0.6 is 11.3 Å². The first-order valence-electron chi connectivity index (χ1n) is 7.31. The molecule has 0 spiro atoms. The lowest BCUT2D eigenvalue weighted by Crippen LogP contribution is -2.24. The molecule has 0 saturated carbocycles. The molecule has 0 unspecified atom stereocenters. The minimum atomic E-state index is 0.184. The summed E-state index contributed by atoms with van der Waals surface area (Å²) in [6.45, 7) is 1.73. The van der Waals surface area contributed by atoms with Gasteiger partial charge in [-0.05, 0) is 12.0 Å². The minimum Gasteiger partial charge on any atom is -0.388 e. The second-order valence-electron chi connectivity index (χ2n) is 5.25. The van der Waals surface area contributed by atoms with Gasteiger partial charge in [-0.1, -0.05) is 35.5 Å². The summed E-state index contributed by atoms with van der Waals surface area (Å²) >= 11 is 1.64. The van der Waals surface area contributed by atoms with Gasteiger partial charge in [0.2, 0.25) is 0 Å². The maximum atomic E-state index is 5.88. The first-order chi connectivity index (χ1) is 10.8. The van der Waals surface area contributed by atoms with E-state index in [4.69, 9.17) is 15.3 Å². The molecule has 1 saturated heterocycles. The number of thiazole rings is 1. The monoisotopic (exact) mass is 317 g/mol. The molecule has 0 aliphatic carbocycles. The van der Waals surface area contributed by atoms with E-state index >= 15 is 0 Å². The van der Waals surface area contributed by atoms with Crippen LogP contribution < -0.4 is 5.73 Å². The molecule has 1 fully saturated rings. The summed E-state index contributed by atoms with van der Waals surface area (Å²) in [4.78, 5) is 9.87. The zero-order chi connectivity index (χ0) is 15.2. The molecule has 1 aliphatic heterocycles. The lowest BCUT2D eigenvalue weighted by Gasteiger charge is -2.05. The fourth-order valence-electron chi connectivity index (χ4n) is 2.28. The second kappa shape index (κ2) is 7.38. The van der Waals surface area contributed by atoms with E-state index in [0.717, 1.165) is 30.2 Å². The predicted octanol–water partition coefficient (Wildman–Crippen LogP) is 2.56. The first kappa shape index (κ1) is 15.0. The molecular weight excluding hydrogens is 298 g/mol. The van der Waals surface area contributed by atoms with Gasteiger partial charge in [0.15, 0.2) is 6.61 Å². The topological polar surface area (TPSA) is 69.7 Å². The van der Waals surface area contributed by atoms with Crippen LogP contribution in [0.15, 0.2) is 40.9 Å². The second-order valence-corrected chi connectivity index (χ2v) is 6.19. The average molecular weight is 317 g/mol. The molecule has 5 nitrogen and oxygen atoms in total. The SMILES string of the molecule is N/C(=N\OCc1csc(Cc2ccccc2)n1)[C@@H]1CCOC1. The molecule has 1 aliphatic rings. The lowest BCUT2D eigenvalue weighted by molar-refractivity contribution is 0.125. The highest BCUT2D eigenvalue weighted by Crippen LogP contribution is 2.16. The Bertz CT molecular complexity index is 621. The summed E-state index contributed by atoms with van der Waals surface area (Å²) < 4.78 is 5.28. The Morgan fingerprint density at radius 2 is 2.27 bits per heavy atom. The number of hydrogen-bond acceptors (Lipinski definition) is 5. The molecule has 1 atom stereocenters. The van der Waals surface area contributed by atoms with Crippen molar-refractivity contribution in [1.82, 2.24) is 4.98 Å². The first-order valence-corrected chi connectivity index (χ1v) is 8.19. The van der Waals surface area contributed by atoms with Crippen LogP contribution in [-0.4, -0.2) is 24.0 Å². The van der Waals surface area contributed by atoms with Gasteiger partial charge in [0.05, 0.1) is 17.3 Å². The Hall–Kier alpha value is -1.92. The summed E-state index contributed by atoms with van der Waals surface area (Å²) in [5, 5.41) is 7.05. The number of rotatable bonds is 6. The van der Waals surface area contributed by atoms with Crippen molar-refractivity contribution in [3.8, 4) is 0 Å². The lowest BCUT2D eigenvalue weighted by atomic mass is 10.1. The van der Waals surface area contributed by atoms with E-state index in [1.807, 2.05) is 23.6 Å². The summed E-state index contributed by atoms with van der Waals surface area (Å²) in [5.74, 6) is 0.696. The van der Waals surface area contributed by atoms with Crippen LogP contribution in [0.25, 0.3) is 0 Å². The van der Waals surface area contributed by atoms with Crippen molar-refractivity contribution in [2.75, 3.05) is 13.2 Å². The number of nitrogens with zero attached hydrogens (tertiary/aromatic N) is 2. The quantitative estimate of drug-likeness (QED) is 0.505. The van der Waals surface area contributed by atoms with Gasteiger partial charge in [0.25, 0.3) is 0 Å². The molecule has 2 heterocycles. The number of oxime groups is 1. The third-order valence-electron chi connectivity index (χ3n) is 3.53. The van der Waals surface area contributed by atoms with E-state index in [-0.39, 0.29) is 5.92 Å². The predicted molar refractivity (Wildman–Crippen MR) is 86.7 cm³/mol. The van der Waals surface area contributed by atoms with E-state index in [1.54, 1.807) is 11.3 Å². The molecule has 2 aromatic rings. The molecule has 0 bridgehead atoms. The number of amidine groups is 1. The molecule has 6 heteroatoms. The highest BCUT2D eigenvalue weighted by atomic mass is 32.1. The van der Waals surface area contributed by atoms with Crippen molar-refractivity contribution in [3.63, 3.8) is 0 Å². The molecule has 0 radical (unpaired) electrons. The Morgan fingerprint density at radius 1 is 1.41 bits per heavy atom. The molecule has 1 aromatic carbocycles. The summed E-state index contributed by atoms with van der Waals surface area (Å²) in [7, 11) is 0. The molecule has 0 amide bonds. The van der Waals surface area contributed by atoms with E-state index < -0.39 is 0 Å². The molecular formula is C16H19N3O2S. The van der Waals surface area contributed by atoms with Crippen LogP contribution in [0.4, 0.5) is 0 Å². The van der Waals surface area contributed by atoms with Gasteiger partial charge in [0, 0.05) is 24.3 Å². The van der Waals surface area contributed by atoms with Crippen LogP contribution in [0.1, 0.15) is 22.7 Å². The van der Waals surface area contributed by atoms with Crippen LogP contribution in [-0.2, 0) is 22.6 Å². The van der Waals surface area contributed by atoms with E-state index in [2.05, 4.69) is 22.3 Å². The van der Waals surface area contributed by atoms with Crippen LogP contribution in [0.5, 0.6) is 0 Å². The number of hydrogen-bond donors (Lipinski definition) is 1. The minimum absolute atomic E-state index is 0.184. The van der Waals surface area contributed by atoms with Crippen molar-refractivity contribution >= 4 is 17.2 Å². The molecule has 3 rings (SSSR count). The molecule has 1 aromatic heterocycles. The highest BCUT2D eigenvalue weighted by molar-refractivity contribution is 7.09. The highest BCUT2D eigenvalue weighted by Gasteiger charge is 2.19. The molecule has 116 valence electrons. The number of aromatic nitrogens is 1. The van der Waals surface area contributed by atoms with Crippen molar-refractivity contribution in [2.24, 2.45) is 16.8 Å². The zero-order valence-electron chi connectivity index (χ0n) is 12.3. The van der Waals surface area contributed by atoms with E-state index in [1.165, 1.54) is 5.56 Å². The number of ether oxygens (including phenoxy) is 1. The van der Waals surface area contributed by atoms with Crippen LogP contribution in [0, 0.1) is 5.92 Å². The Labute approximate surface area is 133 Å². The maximum absolute atomic E-state index is 5.88. The number of benzene rings is 1. The number of nitrogens with two attached hydrogens (primary N) is 1. The van der Waals surface area contributed by atoms with Crippen molar-refractivity contribution in [1.29, 1.82) is 0 Å². The van der Waals surface area contributed by atoms with Gasteiger partial charge in [-0.2, -0.15) is 0 Å². The van der Waals surface area contributed by atoms with E-state index in [0.29, 0.717) is 19.0 Å². The van der Waals surface area contributed by atoms with Gasteiger partial charge in [-0.15, -0.1) is 11.3 Å². The zero-order valence-corrected chi connectivity index (χ0v) is 13.1. The normalized spacial score (nSPS) is 18.5. The third kappa shape index (κ3) is 4.05. The van der Waals surface area contributed by atoms with Gasteiger partial charge in [-0.3, -0.25) is 0 Å². The average Bonchev–Trinajstić information content (AvgIpc) is 3.20. The van der Waals surface area contributed by atoms with Crippen LogP contribution in [0.3, 0.4) is 0 Å². The van der Waals surface area contributed by atoms with Crippen molar-refractivity contribution in [2.45, 2.75) is 19.4 Å². The van der Waals surface area contributed by atoms with Gasteiger partial charge >= 0.3 is 0 Å². The third-order valence-corrected chi connectivity index (χ3v) is 4.43. The largest absolute Gasteiger partial charge is 0.388 e. The fourth-order valence-corrected chi connectivity index (χ4v) is 3.09. The van der Waals surface area contributed by atoms with Crippen molar-refractivity contribution in [3.05, 3.63) is 52.0 Å². The molecule has 2 N–H and O–H groups in total. The van der Waals surface area contributed by atoms with Gasteiger partial charge in [-0.25, -0.2) is 4.98 Å². The van der Waals surface area contributed by atoms with Crippen molar-refractivity contribution < 1.29 is 9.57 Å². The van der Waals surface area contributed by atoms with Gasteiger partial charge < -0.3 is 15.3 Å². The van der Waals surface area contributed by atoms with Crippen LogP contribution in [0.2, 0.25) is 0 Å².